The van der Waals surface area contributed by atoms with Crippen molar-refractivity contribution in [1.29, 1.82) is 0 Å². The van der Waals surface area contributed by atoms with Gasteiger partial charge in [0.2, 0.25) is 10.0 Å². The zero-order valence-electron chi connectivity index (χ0n) is 16.0. The molecule has 7 heteroatoms. The second-order valence-electron chi connectivity index (χ2n) is 7.18. The molecule has 0 radical (unpaired) electrons. The van der Waals surface area contributed by atoms with Crippen molar-refractivity contribution in [2.45, 2.75) is 26.3 Å². The van der Waals surface area contributed by atoms with Crippen molar-refractivity contribution in [2.75, 3.05) is 22.4 Å². The number of fused-ring (bicyclic) bond motifs is 2. The van der Waals surface area contributed by atoms with E-state index in [-0.39, 0.29) is 5.56 Å². The highest BCUT2D eigenvalue weighted by Crippen LogP contribution is 2.32. The number of aryl methyl sites for hydroxylation is 1. The second-order valence-corrected chi connectivity index (χ2v) is 9.09. The summed E-state index contributed by atoms with van der Waals surface area (Å²) < 4.78 is 25.1. The highest BCUT2D eigenvalue weighted by molar-refractivity contribution is 7.92. The van der Waals surface area contributed by atoms with E-state index in [0.29, 0.717) is 25.1 Å². The van der Waals surface area contributed by atoms with Gasteiger partial charge in [0.25, 0.3) is 5.56 Å². The Morgan fingerprint density at radius 3 is 2.71 bits per heavy atom. The molecule has 2 aromatic carbocycles. The number of nitrogens with one attached hydrogen (secondary N) is 2. The minimum Gasteiger partial charge on any atom is -0.381 e. The van der Waals surface area contributed by atoms with E-state index in [2.05, 4.69) is 23.3 Å². The van der Waals surface area contributed by atoms with Crippen LogP contribution in [0.1, 0.15) is 23.6 Å². The van der Waals surface area contributed by atoms with Crippen LogP contribution in [0.15, 0.2) is 47.3 Å². The molecule has 6 nitrogen and oxygen atoms in total. The van der Waals surface area contributed by atoms with Crippen molar-refractivity contribution in [1.82, 2.24) is 4.98 Å². The van der Waals surface area contributed by atoms with Gasteiger partial charge in [0.15, 0.2) is 0 Å². The smallest absolute Gasteiger partial charge is 0.253 e. The fraction of sp³-hybridized carbons (Fsp3) is 0.286. The molecule has 0 fully saturated rings. The number of nitrogens with zero attached hydrogens (tertiary/aromatic N) is 1. The van der Waals surface area contributed by atoms with Crippen LogP contribution >= 0.6 is 0 Å². The first-order chi connectivity index (χ1) is 13.3. The summed E-state index contributed by atoms with van der Waals surface area (Å²) in [7, 11) is -3.25. The standard InChI is InChI=1S/C21H23N3O3S/c1-3-14-4-6-19-16(10-14)11-17(21(25)23-19)13-22-18-5-7-20-15(12-18)8-9-24(20)28(2,26)27/h4-7,10-12,22H,3,8-9,13H2,1-2H3,(H,23,25). The molecule has 0 spiro atoms. The van der Waals surface area contributed by atoms with Crippen molar-refractivity contribution in [2.24, 2.45) is 0 Å². The van der Waals surface area contributed by atoms with Gasteiger partial charge in [-0.3, -0.25) is 9.10 Å². The van der Waals surface area contributed by atoms with Crippen molar-refractivity contribution in [3.05, 3.63) is 69.5 Å². The molecule has 1 aliphatic rings. The molecule has 0 bridgehead atoms. The second kappa shape index (κ2) is 6.98. The molecular weight excluding hydrogens is 374 g/mol. The Morgan fingerprint density at radius 2 is 1.96 bits per heavy atom. The van der Waals surface area contributed by atoms with E-state index >= 15 is 0 Å². The number of pyridine rings is 1. The molecule has 0 unspecified atom stereocenters. The van der Waals surface area contributed by atoms with E-state index in [0.717, 1.165) is 34.3 Å². The number of anilines is 2. The third-order valence-corrected chi connectivity index (χ3v) is 6.39. The van der Waals surface area contributed by atoms with Gasteiger partial charge < -0.3 is 10.3 Å². The molecule has 1 aliphatic heterocycles. The van der Waals surface area contributed by atoms with E-state index < -0.39 is 10.0 Å². The molecule has 2 heterocycles. The predicted octanol–water partition coefficient (Wildman–Crippen LogP) is 3.02. The number of H-pyrrole nitrogens is 1. The van der Waals surface area contributed by atoms with Gasteiger partial charge in [-0.05, 0) is 65.8 Å². The average Bonchev–Trinajstić information content (AvgIpc) is 3.09. The molecule has 3 aromatic rings. The Balaban J connectivity index is 1.57. The number of rotatable bonds is 5. The maximum absolute atomic E-state index is 12.4. The van der Waals surface area contributed by atoms with E-state index in [1.807, 2.05) is 36.4 Å². The van der Waals surface area contributed by atoms with Crippen molar-refractivity contribution < 1.29 is 8.42 Å². The quantitative estimate of drug-likeness (QED) is 0.693. The Morgan fingerprint density at radius 1 is 1.14 bits per heavy atom. The fourth-order valence-corrected chi connectivity index (χ4v) is 4.63. The highest BCUT2D eigenvalue weighted by atomic mass is 32.2. The molecule has 0 saturated heterocycles. The first kappa shape index (κ1) is 18.6. The lowest BCUT2D eigenvalue weighted by atomic mass is 10.1. The summed E-state index contributed by atoms with van der Waals surface area (Å²) in [4.78, 5) is 15.3. The molecule has 0 saturated carbocycles. The van der Waals surface area contributed by atoms with Crippen molar-refractivity contribution >= 4 is 32.3 Å². The Bertz CT molecular complexity index is 1220. The summed E-state index contributed by atoms with van der Waals surface area (Å²) >= 11 is 0. The molecule has 0 amide bonds. The maximum atomic E-state index is 12.4. The van der Waals surface area contributed by atoms with Crippen LogP contribution in [0.5, 0.6) is 0 Å². The highest BCUT2D eigenvalue weighted by Gasteiger charge is 2.26. The van der Waals surface area contributed by atoms with Gasteiger partial charge in [-0.1, -0.05) is 13.0 Å². The van der Waals surface area contributed by atoms with Gasteiger partial charge in [0.1, 0.15) is 0 Å². The van der Waals surface area contributed by atoms with Gasteiger partial charge >= 0.3 is 0 Å². The van der Waals surface area contributed by atoms with E-state index in [1.54, 1.807) is 0 Å². The summed E-state index contributed by atoms with van der Waals surface area (Å²) in [5.41, 5.74) is 5.24. The minimum atomic E-state index is -3.25. The molecule has 0 atom stereocenters. The topological polar surface area (TPSA) is 82.3 Å². The number of aromatic amines is 1. The van der Waals surface area contributed by atoms with Crippen LogP contribution in [0.4, 0.5) is 11.4 Å². The molecular formula is C21H23N3O3S. The van der Waals surface area contributed by atoms with Crippen LogP contribution in [-0.4, -0.2) is 26.2 Å². The lowest BCUT2D eigenvalue weighted by Gasteiger charge is -2.16. The Kier molecular flexibility index (Phi) is 4.63. The van der Waals surface area contributed by atoms with Gasteiger partial charge in [-0.15, -0.1) is 0 Å². The van der Waals surface area contributed by atoms with Crippen LogP contribution in [-0.2, 0) is 29.4 Å². The largest absolute Gasteiger partial charge is 0.381 e. The van der Waals surface area contributed by atoms with Crippen LogP contribution in [0.3, 0.4) is 0 Å². The van der Waals surface area contributed by atoms with Gasteiger partial charge in [-0.25, -0.2) is 8.42 Å². The first-order valence-corrected chi connectivity index (χ1v) is 11.2. The lowest BCUT2D eigenvalue weighted by Crippen LogP contribution is -2.27. The first-order valence-electron chi connectivity index (χ1n) is 9.34. The van der Waals surface area contributed by atoms with Gasteiger partial charge in [0.05, 0.1) is 11.9 Å². The van der Waals surface area contributed by atoms with E-state index in [1.165, 1.54) is 16.1 Å². The van der Waals surface area contributed by atoms with Crippen LogP contribution in [0, 0.1) is 0 Å². The number of hydrogen-bond donors (Lipinski definition) is 2. The summed E-state index contributed by atoms with van der Waals surface area (Å²) in [6, 6.07) is 13.6. The van der Waals surface area contributed by atoms with Gasteiger partial charge in [-0.2, -0.15) is 0 Å². The Hall–Kier alpha value is -2.80. The monoisotopic (exact) mass is 397 g/mol. The predicted molar refractivity (Wildman–Crippen MR) is 114 cm³/mol. The van der Waals surface area contributed by atoms with Crippen molar-refractivity contribution in [3.8, 4) is 0 Å². The number of aromatic nitrogens is 1. The number of benzene rings is 2. The molecule has 146 valence electrons. The molecule has 28 heavy (non-hydrogen) atoms. The van der Waals surface area contributed by atoms with Crippen LogP contribution in [0.25, 0.3) is 10.9 Å². The minimum absolute atomic E-state index is 0.103. The molecule has 2 N–H and O–H groups in total. The molecule has 1 aromatic heterocycles. The van der Waals surface area contributed by atoms with Crippen LogP contribution in [0.2, 0.25) is 0 Å². The summed E-state index contributed by atoms with van der Waals surface area (Å²) in [5.74, 6) is 0. The maximum Gasteiger partial charge on any atom is 0.253 e. The SMILES string of the molecule is CCc1ccc2[nH]c(=O)c(CNc3ccc4c(c3)CCN4S(C)(=O)=O)cc2c1. The number of hydrogen-bond acceptors (Lipinski definition) is 4. The zero-order chi connectivity index (χ0) is 19.9. The van der Waals surface area contributed by atoms with E-state index in [9.17, 15) is 13.2 Å². The summed E-state index contributed by atoms with van der Waals surface area (Å²) in [6.07, 6.45) is 2.86. The average molecular weight is 398 g/mol. The van der Waals surface area contributed by atoms with Gasteiger partial charge in [0, 0.05) is 29.9 Å². The lowest BCUT2D eigenvalue weighted by molar-refractivity contribution is 0.598. The fourth-order valence-electron chi connectivity index (χ4n) is 3.68. The van der Waals surface area contributed by atoms with E-state index in [4.69, 9.17) is 0 Å². The summed E-state index contributed by atoms with van der Waals surface area (Å²) in [6.45, 7) is 2.98. The zero-order valence-corrected chi connectivity index (χ0v) is 16.8. The summed E-state index contributed by atoms with van der Waals surface area (Å²) in [5, 5.41) is 4.31. The molecule has 0 aliphatic carbocycles. The third kappa shape index (κ3) is 3.49. The molecule has 4 rings (SSSR count). The number of sulfonamides is 1. The Labute approximate surface area is 164 Å². The van der Waals surface area contributed by atoms with Crippen LogP contribution < -0.4 is 15.2 Å². The normalized spacial score (nSPS) is 13.7. The van der Waals surface area contributed by atoms with Crippen molar-refractivity contribution in [3.63, 3.8) is 0 Å². The third-order valence-electron chi connectivity index (χ3n) is 5.21.